The number of hydrogen-bond donors (Lipinski definition) is 1. The third-order valence-electron chi connectivity index (χ3n) is 4.12. The molecule has 0 radical (unpaired) electrons. The second kappa shape index (κ2) is 7.74. The SMILES string of the molecule is O=C(NC1CCN(C(=O)c2ccccc2I)CC1)c1ccccn1. The summed E-state index contributed by atoms with van der Waals surface area (Å²) in [6.45, 7) is 1.30. The lowest BCUT2D eigenvalue weighted by molar-refractivity contribution is 0.0696. The van der Waals surface area contributed by atoms with E-state index in [2.05, 4.69) is 32.9 Å². The molecule has 6 heteroatoms. The van der Waals surface area contributed by atoms with Gasteiger partial charge in [0.15, 0.2) is 0 Å². The Bertz CT molecular complexity index is 728. The van der Waals surface area contributed by atoms with E-state index in [1.807, 2.05) is 29.2 Å². The van der Waals surface area contributed by atoms with Crippen molar-refractivity contribution in [3.63, 3.8) is 0 Å². The van der Waals surface area contributed by atoms with Gasteiger partial charge in [-0.3, -0.25) is 14.6 Å². The highest BCUT2D eigenvalue weighted by Crippen LogP contribution is 2.18. The number of aromatic nitrogens is 1. The second-order valence-electron chi connectivity index (χ2n) is 5.73. The van der Waals surface area contributed by atoms with Crippen LogP contribution in [0.25, 0.3) is 0 Å². The number of halogens is 1. The summed E-state index contributed by atoms with van der Waals surface area (Å²) < 4.78 is 0.964. The molecule has 0 spiro atoms. The summed E-state index contributed by atoms with van der Waals surface area (Å²) in [6.07, 6.45) is 3.12. The zero-order valence-electron chi connectivity index (χ0n) is 13.1. The number of likely N-dealkylation sites (tertiary alicyclic amines) is 1. The van der Waals surface area contributed by atoms with Gasteiger partial charge in [0.25, 0.3) is 11.8 Å². The van der Waals surface area contributed by atoms with E-state index in [4.69, 9.17) is 0 Å². The van der Waals surface area contributed by atoms with Crippen molar-refractivity contribution < 1.29 is 9.59 Å². The minimum absolute atomic E-state index is 0.0644. The van der Waals surface area contributed by atoms with Gasteiger partial charge in [0.1, 0.15) is 5.69 Å². The van der Waals surface area contributed by atoms with E-state index >= 15 is 0 Å². The standard InChI is InChI=1S/C18H18IN3O2/c19-15-6-2-1-5-14(15)18(24)22-11-8-13(9-12-22)21-17(23)16-7-3-4-10-20-16/h1-7,10,13H,8-9,11-12H2,(H,21,23). The van der Waals surface area contributed by atoms with Gasteiger partial charge in [-0.1, -0.05) is 18.2 Å². The van der Waals surface area contributed by atoms with Crippen LogP contribution in [-0.4, -0.2) is 40.8 Å². The van der Waals surface area contributed by atoms with Gasteiger partial charge in [0, 0.05) is 28.9 Å². The van der Waals surface area contributed by atoms with Gasteiger partial charge >= 0.3 is 0 Å². The number of hydrogen-bond acceptors (Lipinski definition) is 3. The summed E-state index contributed by atoms with van der Waals surface area (Å²) >= 11 is 2.19. The molecule has 3 rings (SSSR count). The quantitative estimate of drug-likeness (QED) is 0.755. The summed E-state index contributed by atoms with van der Waals surface area (Å²) in [5.74, 6) is -0.0903. The van der Waals surface area contributed by atoms with Gasteiger partial charge in [0.2, 0.25) is 0 Å². The van der Waals surface area contributed by atoms with Crippen LogP contribution in [-0.2, 0) is 0 Å². The van der Waals surface area contributed by atoms with Crippen molar-refractivity contribution in [2.45, 2.75) is 18.9 Å². The Morgan fingerprint density at radius 3 is 2.46 bits per heavy atom. The molecular formula is C18H18IN3O2. The van der Waals surface area contributed by atoms with E-state index in [0.29, 0.717) is 18.8 Å². The van der Waals surface area contributed by atoms with Crippen molar-refractivity contribution in [2.24, 2.45) is 0 Å². The smallest absolute Gasteiger partial charge is 0.270 e. The highest BCUT2D eigenvalue weighted by atomic mass is 127. The number of rotatable bonds is 3. The Hall–Kier alpha value is -1.96. The van der Waals surface area contributed by atoms with Crippen LogP contribution in [0, 0.1) is 3.57 Å². The Labute approximate surface area is 154 Å². The molecule has 1 aromatic carbocycles. The molecule has 2 heterocycles. The monoisotopic (exact) mass is 435 g/mol. The molecule has 1 aliphatic rings. The third-order valence-corrected chi connectivity index (χ3v) is 5.06. The van der Waals surface area contributed by atoms with Crippen LogP contribution in [0.3, 0.4) is 0 Å². The van der Waals surface area contributed by atoms with Crippen molar-refractivity contribution in [1.82, 2.24) is 15.2 Å². The van der Waals surface area contributed by atoms with Crippen LogP contribution in [0.2, 0.25) is 0 Å². The van der Waals surface area contributed by atoms with Crippen LogP contribution in [0.5, 0.6) is 0 Å². The lowest BCUT2D eigenvalue weighted by Gasteiger charge is -2.32. The number of pyridine rings is 1. The minimum atomic E-state index is -0.155. The van der Waals surface area contributed by atoms with Crippen molar-refractivity contribution in [3.05, 3.63) is 63.5 Å². The summed E-state index contributed by atoms with van der Waals surface area (Å²) in [5.41, 5.74) is 1.17. The van der Waals surface area contributed by atoms with Crippen molar-refractivity contribution in [2.75, 3.05) is 13.1 Å². The first kappa shape index (κ1) is 16.9. The van der Waals surface area contributed by atoms with Crippen LogP contribution in [0.1, 0.15) is 33.7 Å². The molecule has 1 fully saturated rings. The summed E-state index contributed by atoms with van der Waals surface area (Å²) in [7, 11) is 0. The average molecular weight is 435 g/mol. The molecule has 1 N–H and O–H groups in total. The largest absolute Gasteiger partial charge is 0.348 e. The molecule has 124 valence electrons. The number of nitrogens with zero attached hydrogens (tertiary/aromatic N) is 2. The topological polar surface area (TPSA) is 62.3 Å². The fourth-order valence-corrected chi connectivity index (χ4v) is 3.41. The van der Waals surface area contributed by atoms with Gasteiger partial charge in [-0.15, -0.1) is 0 Å². The molecule has 0 unspecified atom stereocenters. The zero-order chi connectivity index (χ0) is 16.9. The first-order chi connectivity index (χ1) is 11.6. The molecule has 1 aliphatic heterocycles. The molecule has 0 atom stereocenters. The lowest BCUT2D eigenvalue weighted by Crippen LogP contribution is -2.46. The maximum absolute atomic E-state index is 12.6. The van der Waals surface area contributed by atoms with E-state index in [0.717, 1.165) is 22.0 Å². The van der Waals surface area contributed by atoms with Crippen LogP contribution < -0.4 is 5.32 Å². The zero-order valence-corrected chi connectivity index (χ0v) is 15.3. The van der Waals surface area contributed by atoms with Gasteiger partial charge in [-0.25, -0.2) is 0 Å². The molecule has 1 aromatic heterocycles. The van der Waals surface area contributed by atoms with Crippen molar-refractivity contribution >= 4 is 34.4 Å². The fourth-order valence-electron chi connectivity index (χ4n) is 2.79. The van der Waals surface area contributed by atoms with E-state index in [1.165, 1.54) is 0 Å². The molecule has 0 bridgehead atoms. The van der Waals surface area contributed by atoms with Gasteiger partial charge in [-0.2, -0.15) is 0 Å². The van der Waals surface area contributed by atoms with Gasteiger partial charge < -0.3 is 10.2 Å². The molecule has 0 saturated carbocycles. The van der Waals surface area contributed by atoms with Gasteiger partial charge in [-0.05, 0) is 59.7 Å². The minimum Gasteiger partial charge on any atom is -0.348 e. The fraction of sp³-hybridized carbons (Fsp3) is 0.278. The molecule has 2 aromatic rings. The van der Waals surface area contributed by atoms with Crippen LogP contribution in [0.4, 0.5) is 0 Å². The van der Waals surface area contributed by atoms with Crippen LogP contribution in [0.15, 0.2) is 48.7 Å². The predicted molar refractivity (Wildman–Crippen MR) is 99.8 cm³/mol. The Kier molecular flexibility index (Phi) is 5.44. The number of nitrogens with one attached hydrogen (secondary N) is 1. The highest BCUT2D eigenvalue weighted by molar-refractivity contribution is 14.1. The Morgan fingerprint density at radius 2 is 1.79 bits per heavy atom. The second-order valence-corrected chi connectivity index (χ2v) is 6.90. The summed E-state index contributed by atoms with van der Waals surface area (Å²) in [5, 5.41) is 3.00. The average Bonchev–Trinajstić information content (AvgIpc) is 2.63. The van der Waals surface area contributed by atoms with Crippen LogP contribution >= 0.6 is 22.6 Å². The molecular weight excluding hydrogens is 417 g/mol. The number of carbonyl (C=O) groups excluding carboxylic acids is 2. The Balaban J connectivity index is 1.55. The third kappa shape index (κ3) is 3.92. The highest BCUT2D eigenvalue weighted by Gasteiger charge is 2.25. The number of benzene rings is 1. The van der Waals surface area contributed by atoms with Crippen molar-refractivity contribution in [1.29, 1.82) is 0 Å². The molecule has 2 amide bonds. The predicted octanol–water partition coefficient (Wildman–Crippen LogP) is 2.72. The van der Waals surface area contributed by atoms with E-state index in [-0.39, 0.29) is 17.9 Å². The Morgan fingerprint density at radius 1 is 1.08 bits per heavy atom. The maximum Gasteiger partial charge on any atom is 0.270 e. The number of carbonyl (C=O) groups is 2. The molecule has 1 saturated heterocycles. The number of amides is 2. The summed E-state index contributed by atoms with van der Waals surface area (Å²) in [4.78, 5) is 30.7. The van der Waals surface area contributed by atoms with E-state index in [1.54, 1.807) is 24.4 Å². The van der Waals surface area contributed by atoms with E-state index in [9.17, 15) is 9.59 Å². The number of piperidine rings is 1. The lowest BCUT2D eigenvalue weighted by atomic mass is 10.0. The first-order valence-corrected chi connectivity index (χ1v) is 8.99. The first-order valence-electron chi connectivity index (χ1n) is 7.91. The summed E-state index contributed by atoms with van der Waals surface area (Å²) in [6, 6.07) is 13.0. The molecule has 24 heavy (non-hydrogen) atoms. The molecule has 5 nitrogen and oxygen atoms in total. The normalized spacial score (nSPS) is 15.1. The van der Waals surface area contributed by atoms with Gasteiger partial charge in [0.05, 0.1) is 5.56 Å². The maximum atomic E-state index is 12.6. The van der Waals surface area contributed by atoms with Crippen molar-refractivity contribution in [3.8, 4) is 0 Å². The van der Waals surface area contributed by atoms with E-state index < -0.39 is 0 Å². The molecule has 0 aliphatic carbocycles.